The number of aromatic nitrogens is 1. The third-order valence-electron chi connectivity index (χ3n) is 2.90. The van der Waals surface area contributed by atoms with Gasteiger partial charge in [0.15, 0.2) is 5.76 Å². The maximum Gasteiger partial charge on any atom is 0.331 e. The van der Waals surface area contributed by atoms with Gasteiger partial charge in [-0.15, -0.1) is 0 Å². The Hall–Kier alpha value is -3.08. The molecule has 5 heteroatoms. The van der Waals surface area contributed by atoms with Gasteiger partial charge in [-0.1, -0.05) is 35.5 Å². The molecule has 0 aliphatic carbocycles. The highest BCUT2D eigenvalue weighted by Crippen LogP contribution is 2.20. The zero-order chi connectivity index (χ0) is 15.2. The quantitative estimate of drug-likeness (QED) is 0.530. The molecule has 22 heavy (non-hydrogen) atoms. The molecule has 2 heterocycles. The predicted octanol–water partition coefficient (Wildman–Crippen LogP) is 3.69. The number of carbonyl (C=O) groups is 1. The first-order valence-electron chi connectivity index (χ1n) is 6.70. The number of nitrogens with zero attached hydrogens (tertiary/aromatic N) is 1. The SMILES string of the molecule is O=C(C=Cc1ccccc1)OCc1cc(-c2ccco2)on1. The van der Waals surface area contributed by atoms with Gasteiger partial charge < -0.3 is 13.7 Å². The lowest BCUT2D eigenvalue weighted by molar-refractivity contribution is -0.139. The van der Waals surface area contributed by atoms with E-state index < -0.39 is 5.97 Å². The van der Waals surface area contributed by atoms with Gasteiger partial charge in [-0.25, -0.2) is 4.79 Å². The van der Waals surface area contributed by atoms with Crippen LogP contribution in [0.5, 0.6) is 0 Å². The van der Waals surface area contributed by atoms with E-state index in [9.17, 15) is 4.79 Å². The van der Waals surface area contributed by atoms with Crippen molar-refractivity contribution in [2.45, 2.75) is 6.61 Å². The molecule has 0 aliphatic heterocycles. The van der Waals surface area contributed by atoms with Crippen LogP contribution in [0.1, 0.15) is 11.3 Å². The Labute approximate surface area is 126 Å². The number of esters is 1. The molecule has 0 bridgehead atoms. The molecule has 0 spiro atoms. The average Bonchev–Trinajstić information content (AvgIpc) is 3.22. The zero-order valence-electron chi connectivity index (χ0n) is 11.6. The first-order chi connectivity index (χ1) is 10.8. The molecule has 0 atom stereocenters. The molecule has 0 aliphatic rings. The second kappa shape index (κ2) is 6.58. The van der Waals surface area contributed by atoms with Gasteiger partial charge in [-0.2, -0.15) is 0 Å². The van der Waals surface area contributed by atoms with Gasteiger partial charge in [0.2, 0.25) is 5.76 Å². The van der Waals surface area contributed by atoms with E-state index in [0.29, 0.717) is 17.2 Å². The van der Waals surface area contributed by atoms with Crippen molar-refractivity contribution in [3.8, 4) is 11.5 Å². The second-order valence-corrected chi connectivity index (χ2v) is 4.51. The molecule has 2 aromatic heterocycles. The fourth-order valence-corrected chi connectivity index (χ4v) is 1.84. The summed E-state index contributed by atoms with van der Waals surface area (Å²) in [5.74, 6) is 0.635. The van der Waals surface area contributed by atoms with Crippen molar-refractivity contribution in [3.05, 3.63) is 72.1 Å². The molecule has 0 amide bonds. The van der Waals surface area contributed by atoms with Crippen molar-refractivity contribution in [1.82, 2.24) is 5.16 Å². The van der Waals surface area contributed by atoms with Gasteiger partial charge in [0.1, 0.15) is 12.3 Å². The summed E-state index contributed by atoms with van der Waals surface area (Å²) >= 11 is 0. The van der Waals surface area contributed by atoms with E-state index in [-0.39, 0.29) is 6.61 Å². The zero-order valence-corrected chi connectivity index (χ0v) is 11.6. The van der Waals surface area contributed by atoms with Gasteiger partial charge in [0, 0.05) is 12.1 Å². The molecule has 3 aromatic rings. The minimum Gasteiger partial charge on any atom is -0.461 e. The summed E-state index contributed by atoms with van der Waals surface area (Å²) in [6.07, 6.45) is 4.62. The summed E-state index contributed by atoms with van der Waals surface area (Å²) in [7, 11) is 0. The molecule has 0 fully saturated rings. The Balaban J connectivity index is 1.54. The Morgan fingerprint density at radius 3 is 2.77 bits per heavy atom. The first-order valence-corrected chi connectivity index (χ1v) is 6.70. The largest absolute Gasteiger partial charge is 0.461 e. The minimum atomic E-state index is -0.439. The standard InChI is InChI=1S/C17H13NO4/c19-17(9-8-13-5-2-1-3-6-13)21-12-14-11-16(22-18-14)15-7-4-10-20-15/h1-11H,12H2. The first kappa shape index (κ1) is 13.9. The molecule has 3 rings (SSSR count). The van der Waals surface area contributed by atoms with Gasteiger partial charge in [0.05, 0.1) is 6.26 Å². The van der Waals surface area contributed by atoms with E-state index in [4.69, 9.17) is 13.7 Å². The number of carbonyl (C=O) groups excluding carboxylic acids is 1. The van der Waals surface area contributed by atoms with Crippen LogP contribution in [0.2, 0.25) is 0 Å². The van der Waals surface area contributed by atoms with Crippen LogP contribution in [0.15, 0.2) is 69.8 Å². The molecular weight excluding hydrogens is 282 g/mol. The van der Waals surface area contributed by atoms with Crippen LogP contribution in [0, 0.1) is 0 Å². The normalized spacial score (nSPS) is 10.9. The summed E-state index contributed by atoms with van der Waals surface area (Å²) in [6.45, 7) is 0.0438. The van der Waals surface area contributed by atoms with Gasteiger partial charge >= 0.3 is 5.97 Å². The van der Waals surface area contributed by atoms with Gasteiger partial charge in [-0.05, 0) is 23.8 Å². The van der Waals surface area contributed by atoms with E-state index in [1.807, 2.05) is 30.3 Å². The second-order valence-electron chi connectivity index (χ2n) is 4.51. The lowest BCUT2D eigenvalue weighted by Crippen LogP contribution is -2.00. The van der Waals surface area contributed by atoms with Crippen LogP contribution in [0.4, 0.5) is 0 Å². The van der Waals surface area contributed by atoms with Crippen molar-refractivity contribution in [2.75, 3.05) is 0 Å². The fraction of sp³-hybridized carbons (Fsp3) is 0.0588. The fourth-order valence-electron chi connectivity index (χ4n) is 1.84. The molecule has 0 saturated carbocycles. The van der Waals surface area contributed by atoms with Crippen LogP contribution in [0.25, 0.3) is 17.6 Å². The highest BCUT2D eigenvalue weighted by Gasteiger charge is 2.10. The highest BCUT2D eigenvalue weighted by atomic mass is 16.5. The maximum absolute atomic E-state index is 11.6. The summed E-state index contributed by atoms with van der Waals surface area (Å²) in [4.78, 5) is 11.6. The Morgan fingerprint density at radius 2 is 2.00 bits per heavy atom. The van der Waals surface area contributed by atoms with Crippen molar-refractivity contribution in [2.24, 2.45) is 0 Å². The minimum absolute atomic E-state index is 0.0438. The Kier molecular flexibility index (Phi) is 4.15. The van der Waals surface area contributed by atoms with E-state index in [0.717, 1.165) is 5.56 Å². The molecule has 5 nitrogen and oxygen atoms in total. The number of furan rings is 1. The molecule has 0 N–H and O–H groups in total. The van der Waals surface area contributed by atoms with Crippen molar-refractivity contribution < 1.29 is 18.5 Å². The molecule has 0 saturated heterocycles. The van der Waals surface area contributed by atoms with E-state index in [2.05, 4.69) is 5.16 Å². The summed E-state index contributed by atoms with van der Waals surface area (Å²) in [5, 5.41) is 3.83. The topological polar surface area (TPSA) is 65.5 Å². The number of hydrogen-bond donors (Lipinski definition) is 0. The number of hydrogen-bond acceptors (Lipinski definition) is 5. The van der Waals surface area contributed by atoms with Crippen LogP contribution < -0.4 is 0 Å². The third-order valence-corrected chi connectivity index (χ3v) is 2.90. The van der Waals surface area contributed by atoms with Gasteiger partial charge in [-0.3, -0.25) is 0 Å². The van der Waals surface area contributed by atoms with Crippen LogP contribution in [-0.4, -0.2) is 11.1 Å². The van der Waals surface area contributed by atoms with Crippen LogP contribution in [0.3, 0.4) is 0 Å². The molecule has 0 radical (unpaired) electrons. The van der Waals surface area contributed by atoms with Crippen LogP contribution >= 0.6 is 0 Å². The number of rotatable bonds is 5. The van der Waals surface area contributed by atoms with Crippen LogP contribution in [-0.2, 0) is 16.1 Å². The summed E-state index contributed by atoms with van der Waals surface area (Å²) in [5.41, 5.74) is 1.45. The lowest BCUT2D eigenvalue weighted by atomic mass is 10.2. The van der Waals surface area contributed by atoms with Gasteiger partial charge in [0.25, 0.3) is 0 Å². The van der Waals surface area contributed by atoms with E-state index in [1.54, 1.807) is 30.5 Å². The molecule has 0 unspecified atom stereocenters. The Bertz CT molecular complexity index is 757. The predicted molar refractivity (Wildman–Crippen MR) is 79.5 cm³/mol. The monoisotopic (exact) mass is 295 g/mol. The highest BCUT2D eigenvalue weighted by molar-refractivity contribution is 5.87. The van der Waals surface area contributed by atoms with Crippen molar-refractivity contribution >= 4 is 12.0 Å². The Morgan fingerprint density at radius 1 is 1.14 bits per heavy atom. The third kappa shape index (κ3) is 3.52. The molecule has 110 valence electrons. The van der Waals surface area contributed by atoms with E-state index in [1.165, 1.54) is 6.08 Å². The molecule has 1 aromatic carbocycles. The molecular formula is C17H13NO4. The number of benzene rings is 1. The maximum atomic E-state index is 11.6. The number of ether oxygens (including phenoxy) is 1. The smallest absolute Gasteiger partial charge is 0.331 e. The lowest BCUT2D eigenvalue weighted by Gasteiger charge is -1.97. The van der Waals surface area contributed by atoms with Crippen molar-refractivity contribution in [1.29, 1.82) is 0 Å². The summed E-state index contributed by atoms with van der Waals surface area (Å²) < 4.78 is 15.4. The summed E-state index contributed by atoms with van der Waals surface area (Å²) in [6, 6.07) is 14.7. The van der Waals surface area contributed by atoms with Crippen molar-refractivity contribution in [3.63, 3.8) is 0 Å². The van der Waals surface area contributed by atoms with E-state index >= 15 is 0 Å². The average molecular weight is 295 g/mol.